The summed E-state index contributed by atoms with van der Waals surface area (Å²) in [5.74, 6) is 0.149. The lowest BCUT2D eigenvalue weighted by atomic mass is 10.1. The third-order valence-corrected chi connectivity index (χ3v) is 4.90. The molecule has 6 nitrogen and oxygen atoms in total. The van der Waals surface area contributed by atoms with Gasteiger partial charge in [0.2, 0.25) is 0 Å². The number of nitrogens with one attached hydrogen (secondary N) is 2. The lowest BCUT2D eigenvalue weighted by Gasteiger charge is -2.14. The molecular formula is C18H22N2O4S. The van der Waals surface area contributed by atoms with E-state index in [0.29, 0.717) is 35.7 Å². The maximum Gasteiger partial charge on any atom is 0.262 e. The lowest BCUT2D eigenvalue weighted by Crippen LogP contribution is -2.24. The first-order chi connectivity index (χ1) is 11.9. The number of carbonyl (C=O) groups is 1. The SMILES string of the molecule is CCNC(=O)c1cc(S(=O)(=O)Nc2ccccc2OCC)ccc1C. The summed E-state index contributed by atoms with van der Waals surface area (Å²) >= 11 is 0. The van der Waals surface area contributed by atoms with Crippen molar-refractivity contribution in [3.63, 3.8) is 0 Å². The molecule has 2 N–H and O–H groups in total. The van der Waals surface area contributed by atoms with E-state index < -0.39 is 10.0 Å². The summed E-state index contributed by atoms with van der Waals surface area (Å²) in [5, 5.41) is 2.68. The number of benzene rings is 2. The van der Waals surface area contributed by atoms with Crippen LogP contribution in [0.3, 0.4) is 0 Å². The van der Waals surface area contributed by atoms with Gasteiger partial charge in [0.25, 0.3) is 15.9 Å². The number of para-hydroxylation sites is 2. The Kier molecular flexibility index (Phi) is 6.03. The van der Waals surface area contributed by atoms with Crippen LogP contribution < -0.4 is 14.8 Å². The minimum atomic E-state index is -3.85. The number of amides is 1. The molecule has 134 valence electrons. The van der Waals surface area contributed by atoms with Crippen LogP contribution in [0.4, 0.5) is 5.69 Å². The van der Waals surface area contributed by atoms with E-state index in [0.717, 1.165) is 0 Å². The van der Waals surface area contributed by atoms with Crippen LogP contribution in [0.1, 0.15) is 29.8 Å². The Morgan fingerprint density at radius 2 is 1.84 bits per heavy atom. The Bertz CT molecular complexity index is 863. The molecule has 0 spiro atoms. The van der Waals surface area contributed by atoms with E-state index >= 15 is 0 Å². The van der Waals surface area contributed by atoms with Crippen molar-refractivity contribution in [2.75, 3.05) is 17.9 Å². The van der Waals surface area contributed by atoms with Crippen molar-refractivity contribution in [3.8, 4) is 5.75 Å². The quantitative estimate of drug-likeness (QED) is 0.793. The first-order valence-electron chi connectivity index (χ1n) is 8.02. The number of carbonyl (C=O) groups excluding carboxylic acids is 1. The predicted octanol–water partition coefficient (Wildman–Crippen LogP) is 2.94. The predicted molar refractivity (Wildman–Crippen MR) is 97.6 cm³/mol. The van der Waals surface area contributed by atoms with Gasteiger partial charge in [0.05, 0.1) is 17.2 Å². The molecule has 0 aliphatic carbocycles. The molecule has 0 saturated heterocycles. The number of rotatable bonds is 7. The van der Waals surface area contributed by atoms with E-state index in [1.807, 2.05) is 6.92 Å². The van der Waals surface area contributed by atoms with Crippen LogP contribution in [0.5, 0.6) is 5.75 Å². The van der Waals surface area contributed by atoms with Crippen LogP contribution in [0, 0.1) is 6.92 Å². The molecule has 0 aliphatic rings. The maximum atomic E-state index is 12.7. The van der Waals surface area contributed by atoms with Gasteiger partial charge in [0, 0.05) is 12.1 Å². The second-order valence-electron chi connectivity index (χ2n) is 5.37. The molecule has 0 bridgehead atoms. The van der Waals surface area contributed by atoms with E-state index in [1.54, 1.807) is 44.2 Å². The van der Waals surface area contributed by atoms with Crippen LogP contribution in [-0.2, 0) is 10.0 Å². The van der Waals surface area contributed by atoms with Gasteiger partial charge in [-0.2, -0.15) is 0 Å². The number of hydrogen-bond donors (Lipinski definition) is 2. The van der Waals surface area contributed by atoms with Crippen molar-refractivity contribution >= 4 is 21.6 Å². The summed E-state index contributed by atoms with van der Waals surface area (Å²) in [7, 11) is -3.85. The number of aryl methyl sites for hydroxylation is 1. The second-order valence-corrected chi connectivity index (χ2v) is 7.05. The van der Waals surface area contributed by atoms with Crippen molar-refractivity contribution in [3.05, 3.63) is 53.6 Å². The lowest BCUT2D eigenvalue weighted by molar-refractivity contribution is 0.0955. The highest BCUT2D eigenvalue weighted by atomic mass is 32.2. The highest BCUT2D eigenvalue weighted by Crippen LogP contribution is 2.27. The average molecular weight is 362 g/mol. The zero-order valence-corrected chi connectivity index (χ0v) is 15.3. The Hall–Kier alpha value is -2.54. The van der Waals surface area contributed by atoms with Crippen molar-refractivity contribution in [1.29, 1.82) is 0 Å². The smallest absolute Gasteiger partial charge is 0.262 e. The number of anilines is 1. The largest absolute Gasteiger partial charge is 0.492 e. The monoisotopic (exact) mass is 362 g/mol. The van der Waals surface area contributed by atoms with Crippen molar-refractivity contribution < 1.29 is 17.9 Å². The van der Waals surface area contributed by atoms with Crippen molar-refractivity contribution in [2.45, 2.75) is 25.7 Å². The summed E-state index contributed by atoms with van der Waals surface area (Å²) in [6, 6.07) is 11.3. The Morgan fingerprint density at radius 1 is 1.12 bits per heavy atom. The van der Waals surface area contributed by atoms with E-state index in [2.05, 4.69) is 10.0 Å². The number of ether oxygens (including phenoxy) is 1. The maximum absolute atomic E-state index is 12.7. The van der Waals surface area contributed by atoms with Crippen LogP contribution >= 0.6 is 0 Å². The van der Waals surface area contributed by atoms with Crippen LogP contribution in [0.25, 0.3) is 0 Å². The fourth-order valence-electron chi connectivity index (χ4n) is 2.30. The molecule has 2 aromatic rings. The minimum absolute atomic E-state index is 0.0191. The molecular weight excluding hydrogens is 340 g/mol. The fourth-order valence-corrected chi connectivity index (χ4v) is 3.40. The minimum Gasteiger partial charge on any atom is -0.492 e. The van der Waals surface area contributed by atoms with E-state index in [1.165, 1.54) is 12.1 Å². The molecule has 0 radical (unpaired) electrons. The van der Waals surface area contributed by atoms with Crippen LogP contribution in [0.2, 0.25) is 0 Å². The van der Waals surface area contributed by atoms with Crippen LogP contribution in [0.15, 0.2) is 47.4 Å². The Labute approximate surface area is 148 Å². The molecule has 0 aliphatic heterocycles. The van der Waals surface area contributed by atoms with E-state index in [-0.39, 0.29) is 10.8 Å². The van der Waals surface area contributed by atoms with Gasteiger partial charge >= 0.3 is 0 Å². The molecule has 2 rings (SSSR count). The molecule has 0 saturated carbocycles. The molecule has 0 unspecified atom stereocenters. The molecule has 0 atom stereocenters. The number of hydrogen-bond acceptors (Lipinski definition) is 4. The van der Waals surface area contributed by atoms with Crippen LogP contribution in [-0.4, -0.2) is 27.5 Å². The van der Waals surface area contributed by atoms with Gasteiger partial charge in [-0.3, -0.25) is 9.52 Å². The van der Waals surface area contributed by atoms with Gasteiger partial charge in [-0.25, -0.2) is 8.42 Å². The topological polar surface area (TPSA) is 84.5 Å². The van der Waals surface area contributed by atoms with Gasteiger partial charge in [0.15, 0.2) is 0 Å². The Morgan fingerprint density at radius 3 is 2.52 bits per heavy atom. The molecule has 0 heterocycles. The summed E-state index contributed by atoms with van der Waals surface area (Å²) in [6.45, 7) is 6.28. The third kappa shape index (κ3) is 4.51. The van der Waals surface area contributed by atoms with Crippen molar-refractivity contribution in [2.24, 2.45) is 0 Å². The van der Waals surface area contributed by atoms with E-state index in [4.69, 9.17) is 4.74 Å². The standard InChI is InChI=1S/C18H22N2O4S/c1-4-19-18(21)15-12-14(11-10-13(15)3)25(22,23)20-16-8-6-7-9-17(16)24-5-2/h6-12,20H,4-5H2,1-3H3,(H,19,21). The molecule has 0 fully saturated rings. The zero-order valence-electron chi connectivity index (χ0n) is 14.5. The van der Waals surface area contributed by atoms with Gasteiger partial charge in [-0.05, 0) is 50.6 Å². The fraction of sp³-hybridized carbons (Fsp3) is 0.278. The highest BCUT2D eigenvalue weighted by Gasteiger charge is 2.19. The Balaban J connectivity index is 2.37. The van der Waals surface area contributed by atoms with E-state index in [9.17, 15) is 13.2 Å². The zero-order chi connectivity index (χ0) is 18.4. The summed E-state index contributed by atoms with van der Waals surface area (Å²) in [6.07, 6.45) is 0. The first kappa shape index (κ1) is 18.8. The molecule has 7 heteroatoms. The normalized spacial score (nSPS) is 11.0. The average Bonchev–Trinajstić information content (AvgIpc) is 2.57. The van der Waals surface area contributed by atoms with Gasteiger partial charge in [0.1, 0.15) is 5.75 Å². The molecule has 1 amide bonds. The summed E-state index contributed by atoms with van der Waals surface area (Å²) in [5.41, 5.74) is 1.40. The van der Waals surface area contributed by atoms with Gasteiger partial charge < -0.3 is 10.1 Å². The molecule has 2 aromatic carbocycles. The van der Waals surface area contributed by atoms with Crippen molar-refractivity contribution in [1.82, 2.24) is 5.32 Å². The highest BCUT2D eigenvalue weighted by molar-refractivity contribution is 7.92. The molecule has 25 heavy (non-hydrogen) atoms. The van der Waals surface area contributed by atoms with Gasteiger partial charge in [-0.15, -0.1) is 0 Å². The molecule has 0 aromatic heterocycles. The second kappa shape index (κ2) is 8.02. The number of sulfonamides is 1. The third-order valence-electron chi connectivity index (χ3n) is 3.53. The first-order valence-corrected chi connectivity index (χ1v) is 9.50. The van der Waals surface area contributed by atoms with Gasteiger partial charge in [-0.1, -0.05) is 18.2 Å². The summed E-state index contributed by atoms with van der Waals surface area (Å²) in [4.78, 5) is 12.1. The summed E-state index contributed by atoms with van der Waals surface area (Å²) < 4.78 is 33.4.